The van der Waals surface area contributed by atoms with Crippen molar-refractivity contribution in [1.29, 1.82) is 0 Å². The summed E-state index contributed by atoms with van der Waals surface area (Å²) in [6, 6.07) is 6.67. The van der Waals surface area contributed by atoms with Crippen LogP contribution in [0.2, 0.25) is 0 Å². The molecule has 1 aliphatic carbocycles. The second-order valence-corrected chi connectivity index (χ2v) is 10.9. The van der Waals surface area contributed by atoms with Gasteiger partial charge in [-0.05, 0) is 63.1 Å². The van der Waals surface area contributed by atoms with E-state index in [1.807, 2.05) is 19.9 Å². The Hall–Kier alpha value is -3.47. The number of carbonyl (C=O) groups is 2. The van der Waals surface area contributed by atoms with Crippen molar-refractivity contribution < 1.29 is 23.8 Å². The van der Waals surface area contributed by atoms with Crippen LogP contribution in [-0.2, 0) is 11.3 Å². The van der Waals surface area contributed by atoms with Crippen molar-refractivity contribution in [3.63, 3.8) is 0 Å². The molecular formula is C27H35FN6O4. The molecule has 2 saturated heterocycles. The number of carbonyl (C=O) groups excluding carboxylic acids is 1. The highest BCUT2D eigenvalue weighted by atomic mass is 19.1. The standard InChI is InChI=1S/C27H35FN6O4/c1-17(30-24-29-11-8-23(31-24)34-26(37)38-16-27(34,2)20-6-7-20)18-4-5-19(22(28)14-18)15-33-12-9-21(10-13-33)32(3)25(35)36/h4-5,8,11,14,17,20-21H,6-7,9-10,12-13,15-16H2,1-3H3,(H,35,36)(H,29,30,31)/t17-,27?/m0/s1. The van der Waals surface area contributed by atoms with Crippen LogP contribution in [-0.4, -0.2) is 75.4 Å². The number of anilines is 2. The first-order valence-electron chi connectivity index (χ1n) is 13.2. The Bertz CT molecular complexity index is 1200. The van der Waals surface area contributed by atoms with Crippen molar-refractivity contribution in [2.45, 2.75) is 63.7 Å². The molecule has 0 bridgehead atoms. The fourth-order valence-corrected chi connectivity index (χ4v) is 5.55. The van der Waals surface area contributed by atoms with Gasteiger partial charge in [-0.1, -0.05) is 12.1 Å². The first kappa shape index (κ1) is 26.1. The average molecular weight is 527 g/mol. The molecule has 3 heterocycles. The predicted octanol–water partition coefficient (Wildman–Crippen LogP) is 4.49. The third-order valence-electron chi connectivity index (χ3n) is 8.23. The fraction of sp³-hybridized carbons (Fsp3) is 0.556. The van der Waals surface area contributed by atoms with E-state index in [9.17, 15) is 14.7 Å². The number of rotatable bonds is 8. The number of aromatic nitrogens is 2. The predicted molar refractivity (Wildman–Crippen MR) is 140 cm³/mol. The summed E-state index contributed by atoms with van der Waals surface area (Å²) in [4.78, 5) is 37.8. The zero-order chi connectivity index (χ0) is 27.0. The van der Waals surface area contributed by atoms with Crippen LogP contribution in [0.3, 0.4) is 0 Å². The number of halogens is 1. The number of amides is 2. The van der Waals surface area contributed by atoms with Crippen molar-refractivity contribution in [1.82, 2.24) is 19.8 Å². The maximum atomic E-state index is 15.1. The molecule has 2 aromatic rings. The summed E-state index contributed by atoms with van der Waals surface area (Å²) in [6.45, 7) is 6.22. The van der Waals surface area contributed by atoms with Gasteiger partial charge in [0.25, 0.3) is 0 Å². The van der Waals surface area contributed by atoms with Gasteiger partial charge in [0.15, 0.2) is 0 Å². The van der Waals surface area contributed by atoms with Gasteiger partial charge in [-0.25, -0.2) is 19.0 Å². The molecule has 0 radical (unpaired) electrons. The van der Waals surface area contributed by atoms with Crippen molar-refractivity contribution >= 4 is 24.0 Å². The number of cyclic esters (lactones) is 1. The van der Waals surface area contributed by atoms with Crippen LogP contribution in [0.5, 0.6) is 0 Å². The molecule has 3 aliphatic rings. The highest BCUT2D eigenvalue weighted by Crippen LogP contribution is 2.47. The minimum atomic E-state index is -0.916. The lowest BCUT2D eigenvalue weighted by atomic mass is 9.96. The molecule has 38 heavy (non-hydrogen) atoms. The van der Waals surface area contributed by atoms with E-state index >= 15 is 4.39 Å². The number of benzene rings is 1. The zero-order valence-electron chi connectivity index (χ0n) is 22.1. The minimum absolute atomic E-state index is 0.00202. The SMILES string of the molecule is C[C@H](Nc1nccc(N2C(=O)OCC2(C)C2CC2)n1)c1ccc(CN2CCC(N(C)C(=O)O)CC2)c(F)c1. The van der Waals surface area contributed by atoms with Gasteiger partial charge in [0.2, 0.25) is 5.95 Å². The van der Waals surface area contributed by atoms with E-state index in [1.165, 1.54) is 11.0 Å². The molecule has 1 saturated carbocycles. The molecule has 0 spiro atoms. The molecule has 204 valence electrons. The summed E-state index contributed by atoms with van der Waals surface area (Å²) in [5, 5.41) is 12.4. The second kappa shape index (κ2) is 10.4. The van der Waals surface area contributed by atoms with Crippen molar-refractivity contribution in [2.24, 2.45) is 5.92 Å². The Kier molecular flexibility index (Phi) is 7.13. The number of nitrogens with one attached hydrogen (secondary N) is 1. The molecule has 2 aliphatic heterocycles. The Morgan fingerprint density at radius 1 is 1.29 bits per heavy atom. The van der Waals surface area contributed by atoms with Crippen molar-refractivity contribution in [2.75, 3.05) is 37.0 Å². The molecule has 10 nitrogen and oxygen atoms in total. The highest BCUT2D eigenvalue weighted by molar-refractivity contribution is 5.90. The normalized spacial score (nSPS) is 23.3. The summed E-state index contributed by atoms with van der Waals surface area (Å²) in [6.07, 6.45) is 3.90. The third kappa shape index (κ3) is 5.24. The van der Waals surface area contributed by atoms with Crippen LogP contribution in [0.4, 0.5) is 25.7 Å². The molecule has 1 aromatic heterocycles. The zero-order valence-corrected chi connectivity index (χ0v) is 22.1. The van der Waals surface area contributed by atoms with E-state index in [4.69, 9.17) is 4.74 Å². The fourth-order valence-electron chi connectivity index (χ4n) is 5.55. The van der Waals surface area contributed by atoms with Gasteiger partial charge in [-0.3, -0.25) is 9.80 Å². The van der Waals surface area contributed by atoms with Gasteiger partial charge in [0, 0.05) is 44.5 Å². The first-order chi connectivity index (χ1) is 18.2. The molecule has 3 fully saturated rings. The van der Waals surface area contributed by atoms with E-state index in [1.54, 1.807) is 30.3 Å². The third-order valence-corrected chi connectivity index (χ3v) is 8.23. The average Bonchev–Trinajstić information content (AvgIpc) is 3.71. The van der Waals surface area contributed by atoms with E-state index in [0.29, 0.717) is 36.4 Å². The van der Waals surface area contributed by atoms with Crippen molar-refractivity contribution in [3.05, 3.63) is 47.4 Å². The van der Waals surface area contributed by atoms with Crippen LogP contribution >= 0.6 is 0 Å². The summed E-state index contributed by atoms with van der Waals surface area (Å²) in [7, 11) is 1.60. The number of hydrogen-bond acceptors (Lipinski definition) is 7. The summed E-state index contributed by atoms with van der Waals surface area (Å²) < 4.78 is 20.4. The first-order valence-corrected chi connectivity index (χ1v) is 13.2. The number of carboxylic acid groups (broad SMARTS) is 1. The number of hydrogen-bond donors (Lipinski definition) is 2. The Morgan fingerprint density at radius 3 is 2.68 bits per heavy atom. The minimum Gasteiger partial charge on any atom is -0.465 e. The molecule has 2 N–H and O–H groups in total. The van der Waals surface area contributed by atoms with Crippen LogP contribution in [0.1, 0.15) is 56.7 Å². The molecular weight excluding hydrogens is 491 g/mol. The monoisotopic (exact) mass is 526 g/mol. The molecule has 2 amide bonds. The van der Waals surface area contributed by atoms with Gasteiger partial charge in [-0.2, -0.15) is 4.98 Å². The number of nitrogens with zero attached hydrogens (tertiary/aromatic N) is 5. The smallest absolute Gasteiger partial charge is 0.416 e. The van der Waals surface area contributed by atoms with E-state index in [2.05, 4.69) is 20.2 Å². The van der Waals surface area contributed by atoms with E-state index < -0.39 is 17.7 Å². The Morgan fingerprint density at radius 2 is 2.03 bits per heavy atom. The van der Waals surface area contributed by atoms with Crippen LogP contribution in [0.25, 0.3) is 0 Å². The summed E-state index contributed by atoms with van der Waals surface area (Å²) in [5.74, 6) is 0.965. The molecule has 1 aromatic carbocycles. The number of ether oxygens (including phenoxy) is 1. The highest BCUT2D eigenvalue weighted by Gasteiger charge is 2.54. The summed E-state index contributed by atoms with van der Waals surface area (Å²) in [5.41, 5.74) is 0.955. The van der Waals surface area contributed by atoms with Gasteiger partial charge < -0.3 is 20.1 Å². The maximum Gasteiger partial charge on any atom is 0.416 e. The number of likely N-dealkylation sites (tertiary alicyclic amines) is 1. The van der Waals surface area contributed by atoms with Gasteiger partial charge in [-0.15, -0.1) is 0 Å². The lowest BCUT2D eigenvalue weighted by Crippen LogP contribution is -2.47. The van der Waals surface area contributed by atoms with E-state index in [-0.39, 0.29) is 17.9 Å². The lowest BCUT2D eigenvalue weighted by molar-refractivity contribution is 0.102. The van der Waals surface area contributed by atoms with Crippen LogP contribution in [0, 0.1) is 11.7 Å². The van der Waals surface area contributed by atoms with Gasteiger partial charge in [0.05, 0.1) is 11.6 Å². The van der Waals surface area contributed by atoms with Crippen molar-refractivity contribution in [3.8, 4) is 0 Å². The second-order valence-electron chi connectivity index (χ2n) is 10.9. The Balaban J connectivity index is 1.21. The maximum absolute atomic E-state index is 15.1. The van der Waals surface area contributed by atoms with Gasteiger partial charge in [0.1, 0.15) is 18.2 Å². The molecule has 5 rings (SSSR count). The van der Waals surface area contributed by atoms with Crippen LogP contribution < -0.4 is 10.2 Å². The Labute approximate surface area is 221 Å². The lowest BCUT2D eigenvalue weighted by Gasteiger charge is -2.35. The van der Waals surface area contributed by atoms with E-state index in [0.717, 1.165) is 44.3 Å². The quantitative estimate of drug-likeness (QED) is 0.518. The number of piperidine rings is 1. The summed E-state index contributed by atoms with van der Waals surface area (Å²) >= 11 is 0. The largest absolute Gasteiger partial charge is 0.465 e. The molecule has 1 unspecified atom stereocenters. The van der Waals surface area contributed by atoms with Crippen LogP contribution in [0.15, 0.2) is 30.5 Å². The topological polar surface area (TPSA) is 111 Å². The molecule has 2 atom stereocenters. The molecule has 11 heteroatoms. The van der Waals surface area contributed by atoms with Gasteiger partial charge >= 0.3 is 12.2 Å².